The number of carbonyl (C=O) groups excluding carboxylic acids is 1. The maximum atomic E-state index is 12.3. The number of carbonyl (C=O) groups is 1. The van der Waals surface area contributed by atoms with Gasteiger partial charge in [0, 0.05) is 25.6 Å². The molecule has 0 unspecified atom stereocenters. The van der Waals surface area contributed by atoms with E-state index < -0.39 is 0 Å². The molecule has 1 fully saturated rings. The highest BCUT2D eigenvalue weighted by Crippen LogP contribution is 2.29. The van der Waals surface area contributed by atoms with Crippen LogP contribution in [0.3, 0.4) is 0 Å². The van der Waals surface area contributed by atoms with Crippen LogP contribution in [0.25, 0.3) is 0 Å². The molecule has 112 valence electrons. The summed E-state index contributed by atoms with van der Waals surface area (Å²) in [7, 11) is 1.81. The van der Waals surface area contributed by atoms with E-state index in [0.29, 0.717) is 18.5 Å². The molecule has 1 aliphatic carbocycles. The predicted molar refractivity (Wildman–Crippen MR) is 82.3 cm³/mol. The van der Waals surface area contributed by atoms with Crippen molar-refractivity contribution in [2.45, 2.75) is 50.6 Å². The number of hydrogen-bond donors (Lipinski definition) is 1. The molecule has 0 atom stereocenters. The van der Waals surface area contributed by atoms with Crippen LogP contribution in [-0.2, 0) is 11.3 Å². The van der Waals surface area contributed by atoms with Gasteiger partial charge >= 0.3 is 0 Å². The number of nitrogens with zero attached hydrogens (tertiary/aromatic N) is 2. The number of rotatable bonds is 4. The number of nitriles is 1. The highest BCUT2D eigenvalue weighted by Gasteiger charge is 2.31. The molecule has 0 aliphatic heterocycles. The lowest BCUT2D eigenvalue weighted by molar-refractivity contribution is -0.132. The molecule has 0 aromatic heterocycles. The lowest BCUT2D eigenvalue weighted by atomic mass is 9.80. The lowest BCUT2D eigenvalue weighted by Crippen LogP contribution is -2.46. The molecule has 2 N–H and O–H groups in total. The third-order valence-corrected chi connectivity index (χ3v) is 4.28. The van der Waals surface area contributed by atoms with Gasteiger partial charge in [-0.1, -0.05) is 31.4 Å². The van der Waals surface area contributed by atoms with Crippen molar-refractivity contribution in [2.24, 2.45) is 5.73 Å². The molecule has 4 nitrogen and oxygen atoms in total. The monoisotopic (exact) mass is 285 g/mol. The molecule has 0 saturated heterocycles. The maximum absolute atomic E-state index is 12.3. The van der Waals surface area contributed by atoms with Gasteiger partial charge in [0.2, 0.25) is 5.91 Å². The first-order chi connectivity index (χ1) is 10.0. The van der Waals surface area contributed by atoms with Crippen molar-refractivity contribution in [2.75, 3.05) is 7.05 Å². The van der Waals surface area contributed by atoms with E-state index in [0.717, 1.165) is 31.2 Å². The SMILES string of the molecule is CN(Cc1ccc(C#N)cc1)C(=O)CC1(N)CCCCC1. The van der Waals surface area contributed by atoms with Crippen LogP contribution in [0.15, 0.2) is 24.3 Å². The van der Waals surface area contributed by atoms with Crippen molar-refractivity contribution < 1.29 is 4.79 Å². The van der Waals surface area contributed by atoms with Gasteiger partial charge in [-0.2, -0.15) is 5.26 Å². The lowest BCUT2D eigenvalue weighted by Gasteiger charge is -2.34. The zero-order chi connectivity index (χ0) is 15.3. The Hall–Kier alpha value is -1.86. The van der Waals surface area contributed by atoms with Crippen LogP contribution < -0.4 is 5.73 Å². The Labute approximate surface area is 126 Å². The first-order valence-electron chi connectivity index (χ1n) is 7.54. The number of hydrogen-bond acceptors (Lipinski definition) is 3. The van der Waals surface area contributed by atoms with E-state index in [1.165, 1.54) is 6.42 Å². The molecule has 4 heteroatoms. The predicted octanol–water partition coefficient (Wildman–Crippen LogP) is 2.57. The highest BCUT2D eigenvalue weighted by atomic mass is 16.2. The fourth-order valence-electron chi connectivity index (χ4n) is 2.92. The molecule has 0 heterocycles. The fourth-order valence-corrected chi connectivity index (χ4v) is 2.92. The first kappa shape index (κ1) is 15.5. The molecule has 0 bridgehead atoms. The molecular weight excluding hydrogens is 262 g/mol. The van der Waals surface area contributed by atoms with Crippen molar-refractivity contribution >= 4 is 5.91 Å². The number of nitrogens with two attached hydrogens (primary N) is 1. The van der Waals surface area contributed by atoms with E-state index in [2.05, 4.69) is 6.07 Å². The van der Waals surface area contributed by atoms with Gasteiger partial charge in [0.15, 0.2) is 0 Å². The fraction of sp³-hybridized carbons (Fsp3) is 0.529. The zero-order valence-electron chi connectivity index (χ0n) is 12.6. The Morgan fingerprint density at radius 2 is 1.90 bits per heavy atom. The van der Waals surface area contributed by atoms with Crippen LogP contribution in [0.1, 0.15) is 49.7 Å². The van der Waals surface area contributed by atoms with Crippen LogP contribution in [0.4, 0.5) is 0 Å². The molecule has 1 aromatic carbocycles. The Morgan fingerprint density at radius 3 is 2.48 bits per heavy atom. The van der Waals surface area contributed by atoms with Crippen LogP contribution >= 0.6 is 0 Å². The molecule has 0 spiro atoms. The van der Waals surface area contributed by atoms with Crippen molar-refractivity contribution in [3.63, 3.8) is 0 Å². The van der Waals surface area contributed by atoms with Gasteiger partial charge in [0.1, 0.15) is 0 Å². The number of amides is 1. The van der Waals surface area contributed by atoms with Crippen molar-refractivity contribution in [3.8, 4) is 6.07 Å². The molecule has 1 aromatic rings. The molecule has 1 amide bonds. The summed E-state index contributed by atoms with van der Waals surface area (Å²) >= 11 is 0. The van der Waals surface area contributed by atoms with Crippen LogP contribution in [-0.4, -0.2) is 23.4 Å². The summed E-state index contributed by atoms with van der Waals surface area (Å²) in [4.78, 5) is 14.1. The third kappa shape index (κ3) is 4.30. The Kier molecular flexibility index (Phi) is 4.98. The van der Waals surface area contributed by atoms with E-state index in [4.69, 9.17) is 11.0 Å². The van der Waals surface area contributed by atoms with Gasteiger partial charge < -0.3 is 10.6 Å². The minimum atomic E-state index is -0.311. The average molecular weight is 285 g/mol. The van der Waals surface area contributed by atoms with Gasteiger partial charge in [0.25, 0.3) is 0 Å². The Bertz CT molecular complexity index is 524. The second-order valence-corrected chi connectivity index (χ2v) is 6.16. The smallest absolute Gasteiger partial charge is 0.224 e. The van der Waals surface area contributed by atoms with E-state index in [9.17, 15) is 4.79 Å². The molecule has 2 rings (SSSR count). The van der Waals surface area contributed by atoms with Crippen molar-refractivity contribution in [1.82, 2.24) is 4.90 Å². The number of benzene rings is 1. The summed E-state index contributed by atoms with van der Waals surface area (Å²) in [5.41, 5.74) is 7.70. The Morgan fingerprint density at radius 1 is 1.29 bits per heavy atom. The minimum absolute atomic E-state index is 0.101. The molecule has 0 radical (unpaired) electrons. The van der Waals surface area contributed by atoms with Crippen LogP contribution in [0.2, 0.25) is 0 Å². The van der Waals surface area contributed by atoms with Gasteiger partial charge in [-0.05, 0) is 30.5 Å². The maximum Gasteiger partial charge on any atom is 0.224 e. The highest BCUT2D eigenvalue weighted by molar-refractivity contribution is 5.77. The van der Waals surface area contributed by atoms with Crippen LogP contribution in [0.5, 0.6) is 0 Å². The van der Waals surface area contributed by atoms with Gasteiger partial charge in [0.05, 0.1) is 11.6 Å². The molecule has 1 saturated carbocycles. The standard InChI is InChI=1S/C17H23N3O/c1-20(13-15-7-5-14(12-18)6-8-15)16(21)11-17(19)9-3-2-4-10-17/h5-8H,2-4,9-11,13,19H2,1H3. The summed E-state index contributed by atoms with van der Waals surface area (Å²) in [5, 5.41) is 8.78. The van der Waals surface area contributed by atoms with Gasteiger partial charge in [-0.15, -0.1) is 0 Å². The molecule has 21 heavy (non-hydrogen) atoms. The molecular formula is C17H23N3O. The van der Waals surface area contributed by atoms with Crippen LogP contribution in [0, 0.1) is 11.3 Å². The van der Waals surface area contributed by atoms with E-state index in [1.807, 2.05) is 19.2 Å². The summed E-state index contributed by atoms with van der Waals surface area (Å²) in [6.07, 6.45) is 5.81. The van der Waals surface area contributed by atoms with Gasteiger partial charge in [-0.3, -0.25) is 4.79 Å². The zero-order valence-corrected chi connectivity index (χ0v) is 12.6. The van der Waals surface area contributed by atoms with Crippen molar-refractivity contribution in [3.05, 3.63) is 35.4 Å². The summed E-state index contributed by atoms with van der Waals surface area (Å²) in [6.45, 7) is 0.556. The van der Waals surface area contributed by atoms with E-state index in [-0.39, 0.29) is 11.4 Å². The minimum Gasteiger partial charge on any atom is -0.341 e. The summed E-state index contributed by atoms with van der Waals surface area (Å²) in [6, 6.07) is 9.43. The third-order valence-electron chi connectivity index (χ3n) is 4.28. The summed E-state index contributed by atoms with van der Waals surface area (Å²) < 4.78 is 0. The van der Waals surface area contributed by atoms with Crippen molar-refractivity contribution in [1.29, 1.82) is 5.26 Å². The quantitative estimate of drug-likeness (QED) is 0.924. The second-order valence-electron chi connectivity index (χ2n) is 6.16. The first-order valence-corrected chi connectivity index (χ1v) is 7.54. The van der Waals surface area contributed by atoms with E-state index in [1.54, 1.807) is 17.0 Å². The largest absolute Gasteiger partial charge is 0.341 e. The van der Waals surface area contributed by atoms with E-state index >= 15 is 0 Å². The average Bonchev–Trinajstić information content (AvgIpc) is 2.48. The normalized spacial score (nSPS) is 17.0. The van der Waals surface area contributed by atoms with Gasteiger partial charge in [-0.25, -0.2) is 0 Å². The topological polar surface area (TPSA) is 70.1 Å². The summed E-state index contributed by atoms with van der Waals surface area (Å²) in [5.74, 6) is 0.101. The Balaban J connectivity index is 1.91. The molecule has 1 aliphatic rings. The second kappa shape index (κ2) is 6.73.